The summed E-state index contributed by atoms with van der Waals surface area (Å²) in [6.45, 7) is 7.48. The van der Waals surface area contributed by atoms with Gasteiger partial charge in [0.15, 0.2) is 0 Å². The van der Waals surface area contributed by atoms with E-state index in [0.29, 0.717) is 32.3 Å². The molecule has 0 radical (unpaired) electrons. The number of rotatable bonds is 2. The summed E-state index contributed by atoms with van der Waals surface area (Å²) in [5, 5.41) is 12.0. The molecule has 8 atom stereocenters. The molecule has 0 aromatic carbocycles. The number of carbonyl (C=O) groups is 3. The van der Waals surface area contributed by atoms with Crippen molar-refractivity contribution in [2.24, 2.45) is 28.6 Å². The summed E-state index contributed by atoms with van der Waals surface area (Å²) in [5.41, 5.74) is -1.81. The number of esters is 3. The fourth-order valence-corrected chi connectivity index (χ4v) is 7.35. The van der Waals surface area contributed by atoms with E-state index in [1.165, 1.54) is 13.8 Å². The van der Waals surface area contributed by atoms with Crippen molar-refractivity contribution in [3.8, 4) is 0 Å². The van der Waals surface area contributed by atoms with Gasteiger partial charge in [-0.25, -0.2) is 0 Å². The lowest BCUT2D eigenvalue weighted by Crippen LogP contribution is -2.70. The maximum absolute atomic E-state index is 12.2. The number of ether oxygens (including phenoxy) is 3. The van der Waals surface area contributed by atoms with E-state index in [1.54, 1.807) is 0 Å². The molecule has 3 aliphatic carbocycles. The van der Waals surface area contributed by atoms with Crippen LogP contribution in [0.2, 0.25) is 0 Å². The zero-order valence-corrected chi connectivity index (χ0v) is 18.4. The average Bonchev–Trinajstić information content (AvgIpc) is 2.64. The highest BCUT2D eigenvalue weighted by molar-refractivity contribution is 5.71. The van der Waals surface area contributed by atoms with E-state index in [-0.39, 0.29) is 47.6 Å². The van der Waals surface area contributed by atoms with Crippen molar-refractivity contribution in [3.05, 3.63) is 0 Å². The van der Waals surface area contributed by atoms with Crippen LogP contribution < -0.4 is 0 Å². The van der Waals surface area contributed by atoms with Crippen LogP contribution in [0.4, 0.5) is 0 Å². The van der Waals surface area contributed by atoms with Gasteiger partial charge in [0.05, 0.1) is 6.61 Å². The molecule has 4 aliphatic rings. The Morgan fingerprint density at radius 3 is 2.43 bits per heavy atom. The third kappa shape index (κ3) is 3.24. The predicted molar refractivity (Wildman–Crippen MR) is 106 cm³/mol. The molecule has 0 spiro atoms. The summed E-state index contributed by atoms with van der Waals surface area (Å²) in [7, 11) is 0. The van der Waals surface area contributed by atoms with Gasteiger partial charge in [0, 0.05) is 37.5 Å². The Morgan fingerprint density at radius 2 is 1.77 bits per heavy atom. The molecule has 7 nitrogen and oxygen atoms in total. The second kappa shape index (κ2) is 7.21. The number of aliphatic hydroxyl groups is 1. The van der Waals surface area contributed by atoms with Crippen molar-refractivity contribution in [2.75, 3.05) is 6.61 Å². The van der Waals surface area contributed by atoms with Gasteiger partial charge >= 0.3 is 17.9 Å². The molecular formula is C23H34O7. The second-order valence-electron chi connectivity index (χ2n) is 10.6. The average molecular weight is 423 g/mol. The van der Waals surface area contributed by atoms with Gasteiger partial charge in [-0.15, -0.1) is 0 Å². The van der Waals surface area contributed by atoms with Crippen LogP contribution in [0.5, 0.6) is 0 Å². The first-order valence-electron chi connectivity index (χ1n) is 11.2. The molecule has 1 aliphatic heterocycles. The van der Waals surface area contributed by atoms with E-state index in [0.717, 1.165) is 12.8 Å². The van der Waals surface area contributed by atoms with E-state index >= 15 is 0 Å². The molecular weight excluding hydrogens is 388 g/mol. The Morgan fingerprint density at radius 1 is 1.07 bits per heavy atom. The number of carbonyl (C=O) groups excluding carboxylic acids is 3. The highest BCUT2D eigenvalue weighted by atomic mass is 16.6. The van der Waals surface area contributed by atoms with E-state index in [1.807, 2.05) is 0 Å². The molecule has 1 heterocycles. The van der Waals surface area contributed by atoms with Crippen LogP contribution in [0.3, 0.4) is 0 Å². The first kappa shape index (κ1) is 21.6. The highest BCUT2D eigenvalue weighted by Gasteiger charge is 2.68. The maximum Gasteiger partial charge on any atom is 0.306 e. The van der Waals surface area contributed by atoms with Crippen LogP contribution in [0.25, 0.3) is 0 Å². The van der Waals surface area contributed by atoms with Crippen LogP contribution in [0.15, 0.2) is 0 Å². The minimum absolute atomic E-state index is 0.0728. The van der Waals surface area contributed by atoms with Gasteiger partial charge in [-0.3, -0.25) is 14.4 Å². The van der Waals surface area contributed by atoms with Gasteiger partial charge in [0.25, 0.3) is 0 Å². The smallest absolute Gasteiger partial charge is 0.306 e. The Labute approximate surface area is 177 Å². The lowest BCUT2D eigenvalue weighted by atomic mass is 9.42. The molecule has 0 aromatic heterocycles. The minimum atomic E-state index is -1.26. The van der Waals surface area contributed by atoms with E-state index in [9.17, 15) is 19.5 Å². The zero-order chi connectivity index (χ0) is 21.9. The fraction of sp³-hybridized carbons (Fsp3) is 0.870. The molecule has 1 N–H and O–H groups in total. The SMILES string of the molecule is CC(=O)O[C@H]1CC[C@]2(C)[C@H]3CC[C@]4(C)COC(=O)C[C@H]4[C@@H]3C[C@@H](OC(C)=O)[C@@]2(O)C1. The highest BCUT2D eigenvalue weighted by Crippen LogP contribution is 2.66. The molecule has 7 heteroatoms. The molecule has 1 saturated heterocycles. The van der Waals surface area contributed by atoms with Crippen molar-refractivity contribution in [3.63, 3.8) is 0 Å². The van der Waals surface area contributed by atoms with Crippen LogP contribution >= 0.6 is 0 Å². The normalized spacial score (nSPS) is 47.8. The third-order valence-electron chi connectivity index (χ3n) is 8.90. The van der Waals surface area contributed by atoms with Crippen molar-refractivity contribution >= 4 is 17.9 Å². The Kier molecular flexibility index (Phi) is 5.19. The first-order valence-corrected chi connectivity index (χ1v) is 11.2. The number of cyclic esters (lactones) is 1. The Balaban J connectivity index is 1.71. The van der Waals surface area contributed by atoms with Crippen molar-refractivity contribution in [1.29, 1.82) is 0 Å². The van der Waals surface area contributed by atoms with Gasteiger partial charge in [-0.05, 0) is 49.9 Å². The van der Waals surface area contributed by atoms with Gasteiger partial charge in [-0.1, -0.05) is 13.8 Å². The lowest BCUT2D eigenvalue weighted by molar-refractivity contribution is -0.275. The maximum atomic E-state index is 12.2. The molecule has 0 unspecified atom stereocenters. The van der Waals surface area contributed by atoms with Crippen LogP contribution in [-0.2, 0) is 28.6 Å². The summed E-state index contributed by atoms with van der Waals surface area (Å²) in [6, 6.07) is 0. The number of fused-ring (bicyclic) bond motifs is 5. The second-order valence-corrected chi connectivity index (χ2v) is 10.6. The summed E-state index contributed by atoms with van der Waals surface area (Å²) < 4.78 is 16.6. The molecule has 168 valence electrons. The number of hydrogen-bond acceptors (Lipinski definition) is 7. The summed E-state index contributed by atoms with van der Waals surface area (Å²) in [6.07, 6.45) is 3.38. The summed E-state index contributed by atoms with van der Waals surface area (Å²) in [5.74, 6) is -0.396. The minimum Gasteiger partial charge on any atom is -0.465 e. The van der Waals surface area contributed by atoms with Crippen LogP contribution in [0.1, 0.15) is 72.6 Å². The third-order valence-corrected chi connectivity index (χ3v) is 8.90. The van der Waals surface area contributed by atoms with E-state index in [2.05, 4.69) is 13.8 Å². The molecule has 0 amide bonds. The van der Waals surface area contributed by atoms with Gasteiger partial charge in [0.1, 0.15) is 17.8 Å². The quantitative estimate of drug-likeness (QED) is 0.540. The van der Waals surface area contributed by atoms with E-state index in [4.69, 9.17) is 14.2 Å². The Hall–Kier alpha value is -1.63. The zero-order valence-electron chi connectivity index (χ0n) is 18.4. The van der Waals surface area contributed by atoms with Gasteiger partial charge in [0.2, 0.25) is 0 Å². The molecule has 30 heavy (non-hydrogen) atoms. The van der Waals surface area contributed by atoms with Crippen molar-refractivity contribution in [2.45, 2.75) is 90.4 Å². The summed E-state index contributed by atoms with van der Waals surface area (Å²) >= 11 is 0. The first-order chi connectivity index (χ1) is 14.0. The van der Waals surface area contributed by atoms with Crippen LogP contribution in [-0.4, -0.2) is 47.4 Å². The summed E-state index contributed by atoms with van der Waals surface area (Å²) in [4.78, 5) is 35.7. The lowest BCUT2D eigenvalue weighted by Gasteiger charge is -2.66. The molecule has 4 fully saturated rings. The molecule has 0 bridgehead atoms. The van der Waals surface area contributed by atoms with Crippen molar-refractivity contribution in [1.82, 2.24) is 0 Å². The van der Waals surface area contributed by atoms with Gasteiger partial charge in [-0.2, -0.15) is 0 Å². The monoisotopic (exact) mass is 422 g/mol. The molecule has 3 saturated carbocycles. The van der Waals surface area contributed by atoms with Crippen LogP contribution in [0, 0.1) is 28.6 Å². The topological polar surface area (TPSA) is 99.1 Å². The Bertz CT molecular complexity index is 750. The molecule has 0 aromatic rings. The predicted octanol–water partition coefficient (Wildman–Crippen LogP) is 2.77. The van der Waals surface area contributed by atoms with Crippen molar-refractivity contribution < 1.29 is 33.7 Å². The van der Waals surface area contributed by atoms with Gasteiger partial charge < -0.3 is 19.3 Å². The standard InChI is InChI=1S/C23H34O7/c1-13(24)29-15-5-8-22(4)17-6-7-21(3)12-28-20(26)10-18(21)16(17)9-19(30-14(2)25)23(22,27)11-15/h15-19,27H,5-12H2,1-4H3/t15-,16+,17-,18-,19+,21+,22+,23-/m0/s1. The fourth-order valence-electron chi connectivity index (χ4n) is 7.35. The number of hydrogen-bond donors (Lipinski definition) is 1. The van der Waals surface area contributed by atoms with E-state index < -0.39 is 23.1 Å². The largest absolute Gasteiger partial charge is 0.465 e. The molecule has 4 rings (SSSR count).